The van der Waals surface area contributed by atoms with Crippen molar-refractivity contribution >= 4 is 5.97 Å². The highest BCUT2D eigenvalue weighted by molar-refractivity contribution is 5.78. The van der Waals surface area contributed by atoms with Crippen molar-refractivity contribution in [2.45, 2.75) is 32.7 Å². The second-order valence-electron chi connectivity index (χ2n) is 3.50. The number of rotatable bonds is 5. The summed E-state index contributed by atoms with van der Waals surface area (Å²) in [6, 6.07) is 1.96. The number of aliphatic carboxylic acids is 1. The number of carbonyl (C=O) groups is 1. The Hall–Kier alpha value is -1.08. The van der Waals surface area contributed by atoms with E-state index in [1.54, 1.807) is 6.92 Å². The molecular formula is C9H16N2O2. The summed E-state index contributed by atoms with van der Waals surface area (Å²) in [6.45, 7) is 5.73. The summed E-state index contributed by atoms with van der Waals surface area (Å²) in [6.07, 6.45) is 0.329. The predicted molar refractivity (Wildman–Crippen MR) is 49.1 cm³/mol. The lowest BCUT2D eigenvalue weighted by Gasteiger charge is -2.29. The molecule has 0 rings (SSSR count). The molecule has 4 nitrogen and oxygen atoms in total. The molecule has 13 heavy (non-hydrogen) atoms. The molecule has 0 aromatic heterocycles. The maximum atomic E-state index is 10.9. The summed E-state index contributed by atoms with van der Waals surface area (Å²) in [5, 5.41) is 20.1. The lowest BCUT2D eigenvalue weighted by molar-refractivity contribution is -0.146. The molecule has 1 atom stereocenters. The van der Waals surface area contributed by atoms with E-state index in [9.17, 15) is 4.79 Å². The van der Waals surface area contributed by atoms with Crippen LogP contribution in [0.3, 0.4) is 0 Å². The Labute approximate surface area is 78.6 Å². The van der Waals surface area contributed by atoms with Crippen molar-refractivity contribution in [3.05, 3.63) is 0 Å². The van der Waals surface area contributed by atoms with Crippen LogP contribution in [0.4, 0.5) is 0 Å². The number of nitriles is 1. The molecule has 0 heterocycles. The van der Waals surface area contributed by atoms with E-state index in [-0.39, 0.29) is 5.92 Å². The summed E-state index contributed by atoms with van der Waals surface area (Å²) >= 11 is 0. The van der Waals surface area contributed by atoms with Crippen LogP contribution >= 0.6 is 0 Å². The first kappa shape index (κ1) is 11.9. The Balaban J connectivity index is 4.27. The highest BCUT2D eigenvalue weighted by Gasteiger charge is 2.35. The minimum atomic E-state index is -0.934. The van der Waals surface area contributed by atoms with E-state index in [4.69, 9.17) is 10.4 Å². The highest BCUT2D eigenvalue weighted by Crippen LogP contribution is 2.16. The maximum Gasteiger partial charge on any atom is 0.323 e. The molecule has 0 aliphatic rings. The van der Waals surface area contributed by atoms with Gasteiger partial charge < -0.3 is 10.4 Å². The third-order valence-corrected chi connectivity index (χ3v) is 2.33. The molecule has 2 N–H and O–H groups in total. The van der Waals surface area contributed by atoms with Crippen molar-refractivity contribution in [1.82, 2.24) is 5.32 Å². The largest absolute Gasteiger partial charge is 0.480 e. The van der Waals surface area contributed by atoms with E-state index in [2.05, 4.69) is 5.32 Å². The van der Waals surface area contributed by atoms with Crippen molar-refractivity contribution in [3.8, 4) is 6.07 Å². The Morgan fingerprint density at radius 2 is 2.23 bits per heavy atom. The minimum absolute atomic E-state index is 0.0105. The lowest BCUT2D eigenvalue weighted by atomic mass is 9.88. The van der Waals surface area contributed by atoms with Crippen LogP contribution in [0.15, 0.2) is 0 Å². The molecule has 0 spiro atoms. The number of carboxylic acids is 1. The van der Waals surface area contributed by atoms with Crippen LogP contribution < -0.4 is 5.32 Å². The Kier molecular flexibility index (Phi) is 4.43. The molecule has 0 saturated carbocycles. The van der Waals surface area contributed by atoms with E-state index in [1.165, 1.54) is 0 Å². The van der Waals surface area contributed by atoms with E-state index in [0.717, 1.165) is 0 Å². The van der Waals surface area contributed by atoms with Crippen LogP contribution in [-0.4, -0.2) is 23.2 Å². The molecule has 0 aromatic carbocycles. The fourth-order valence-electron chi connectivity index (χ4n) is 0.905. The van der Waals surface area contributed by atoms with Crippen molar-refractivity contribution in [3.63, 3.8) is 0 Å². The predicted octanol–water partition coefficient (Wildman–Crippen LogP) is 0.989. The van der Waals surface area contributed by atoms with Crippen LogP contribution in [0.5, 0.6) is 0 Å². The number of nitrogens with one attached hydrogen (secondary N) is 1. The van der Waals surface area contributed by atoms with Crippen LogP contribution in [0.1, 0.15) is 27.2 Å². The third-order valence-electron chi connectivity index (χ3n) is 2.33. The average molecular weight is 184 g/mol. The highest BCUT2D eigenvalue weighted by atomic mass is 16.4. The molecular weight excluding hydrogens is 168 g/mol. The zero-order valence-electron chi connectivity index (χ0n) is 8.29. The SMILES string of the molecule is CC(C)C(C)(NCCC#N)C(=O)O. The molecule has 0 bridgehead atoms. The monoisotopic (exact) mass is 184 g/mol. The Morgan fingerprint density at radius 3 is 2.54 bits per heavy atom. The van der Waals surface area contributed by atoms with E-state index in [0.29, 0.717) is 13.0 Å². The molecule has 0 fully saturated rings. The molecule has 74 valence electrons. The molecule has 0 aliphatic heterocycles. The van der Waals surface area contributed by atoms with Crippen molar-refractivity contribution in [1.29, 1.82) is 5.26 Å². The van der Waals surface area contributed by atoms with Crippen LogP contribution in [0.2, 0.25) is 0 Å². The van der Waals surface area contributed by atoms with Gasteiger partial charge in [-0.2, -0.15) is 5.26 Å². The molecule has 4 heteroatoms. The number of nitrogens with zero attached hydrogens (tertiary/aromatic N) is 1. The van der Waals surface area contributed by atoms with Gasteiger partial charge in [0.1, 0.15) is 5.54 Å². The van der Waals surface area contributed by atoms with Gasteiger partial charge in [0.25, 0.3) is 0 Å². The number of carboxylic acid groups (broad SMARTS) is 1. The van der Waals surface area contributed by atoms with Gasteiger partial charge >= 0.3 is 5.97 Å². The summed E-state index contributed by atoms with van der Waals surface area (Å²) < 4.78 is 0. The average Bonchev–Trinajstić information content (AvgIpc) is 2.03. The van der Waals surface area contributed by atoms with Crippen molar-refractivity contribution in [2.24, 2.45) is 5.92 Å². The van der Waals surface area contributed by atoms with Gasteiger partial charge in [-0.05, 0) is 12.8 Å². The normalized spacial score (nSPS) is 15.0. The maximum absolute atomic E-state index is 10.9. The van der Waals surface area contributed by atoms with Gasteiger partial charge in [-0.3, -0.25) is 4.79 Å². The van der Waals surface area contributed by atoms with Gasteiger partial charge in [-0.1, -0.05) is 13.8 Å². The van der Waals surface area contributed by atoms with E-state index < -0.39 is 11.5 Å². The minimum Gasteiger partial charge on any atom is -0.480 e. The van der Waals surface area contributed by atoms with Gasteiger partial charge in [-0.15, -0.1) is 0 Å². The standard InChI is InChI=1S/C9H16N2O2/c1-7(2)9(3,8(12)13)11-6-4-5-10/h7,11H,4,6H2,1-3H3,(H,12,13). The molecule has 1 unspecified atom stereocenters. The number of hydrogen-bond acceptors (Lipinski definition) is 3. The zero-order valence-corrected chi connectivity index (χ0v) is 8.29. The summed E-state index contributed by atoms with van der Waals surface area (Å²) in [4.78, 5) is 10.9. The van der Waals surface area contributed by atoms with Gasteiger partial charge in [0.05, 0.1) is 6.07 Å². The third kappa shape index (κ3) is 3.03. The first-order valence-electron chi connectivity index (χ1n) is 4.30. The van der Waals surface area contributed by atoms with Crippen molar-refractivity contribution in [2.75, 3.05) is 6.54 Å². The van der Waals surface area contributed by atoms with Gasteiger partial charge in [0.2, 0.25) is 0 Å². The molecule has 0 aromatic rings. The molecule has 0 radical (unpaired) electrons. The van der Waals surface area contributed by atoms with Crippen LogP contribution in [-0.2, 0) is 4.79 Å². The smallest absolute Gasteiger partial charge is 0.323 e. The van der Waals surface area contributed by atoms with Gasteiger partial charge in [0, 0.05) is 13.0 Å². The Bertz CT molecular complexity index is 220. The first-order valence-corrected chi connectivity index (χ1v) is 4.30. The van der Waals surface area contributed by atoms with Crippen LogP contribution in [0.25, 0.3) is 0 Å². The zero-order chi connectivity index (χ0) is 10.5. The first-order chi connectivity index (χ1) is 5.95. The lowest BCUT2D eigenvalue weighted by Crippen LogP contribution is -2.53. The topological polar surface area (TPSA) is 73.1 Å². The second-order valence-corrected chi connectivity index (χ2v) is 3.50. The van der Waals surface area contributed by atoms with Crippen LogP contribution in [0, 0.1) is 17.2 Å². The summed E-state index contributed by atoms with van der Waals surface area (Å²) in [7, 11) is 0. The number of hydrogen-bond donors (Lipinski definition) is 2. The van der Waals surface area contributed by atoms with Crippen molar-refractivity contribution < 1.29 is 9.90 Å². The summed E-state index contributed by atoms with van der Waals surface area (Å²) in [5.74, 6) is -0.885. The second kappa shape index (κ2) is 4.83. The fourth-order valence-corrected chi connectivity index (χ4v) is 0.905. The molecule has 0 aliphatic carbocycles. The van der Waals surface area contributed by atoms with E-state index in [1.807, 2.05) is 19.9 Å². The quantitative estimate of drug-likeness (QED) is 0.625. The van der Waals surface area contributed by atoms with Gasteiger partial charge in [-0.25, -0.2) is 0 Å². The summed E-state index contributed by atoms with van der Waals surface area (Å²) in [5.41, 5.74) is -0.934. The van der Waals surface area contributed by atoms with E-state index >= 15 is 0 Å². The molecule has 0 saturated heterocycles. The Morgan fingerprint density at radius 1 is 1.69 bits per heavy atom. The fraction of sp³-hybridized carbons (Fsp3) is 0.778. The molecule has 0 amide bonds. The van der Waals surface area contributed by atoms with Gasteiger partial charge in [0.15, 0.2) is 0 Å².